The van der Waals surface area contributed by atoms with Crippen molar-refractivity contribution in [1.82, 2.24) is 9.13 Å². The lowest BCUT2D eigenvalue weighted by molar-refractivity contribution is 0.308. The Morgan fingerprint density at radius 2 is 1.29 bits per heavy atom. The maximum absolute atomic E-state index is 14.3. The number of hydrogen-bond donors (Lipinski definition) is 0. The molecule has 0 N–H and O–H groups in total. The van der Waals surface area contributed by atoms with E-state index in [0.29, 0.717) is 42.0 Å². The van der Waals surface area contributed by atoms with Gasteiger partial charge >= 0.3 is 5.69 Å². The summed E-state index contributed by atoms with van der Waals surface area (Å²) in [4.78, 5) is 28.2. The molecule has 6 nitrogen and oxygen atoms in total. The fraction of sp³-hybridized carbons (Fsp3) is 0.179. The van der Waals surface area contributed by atoms with Crippen molar-refractivity contribution in [1.29, 1.82) is 0 Å². The molecule has 5 aromatic carbocycles. The summed E-state index contributed by atoms with van der Waals surface area (Å²) in [6.45, 7) is 0.888. The minimum absolute atomic E-state index is 0.152. The summed E-state index contributed by atoms with van der Waals surface area (Å²) in [5, 5.41) is 0.452. The van der Waals surface area contributed by atoms with Crippen molar-refractivity contribution in [2.75, 3.05) is 7.11 Å². The molecule has 6 rings (SSSR count). The summed E-state index contributed by atoms with van der Waals surface area (Å²) < 4.78 is 14.7. The molecule has 6 aromatic rings. The number of methoxy groups -OCH3 is 1. The molecular weight excluding hydrogens is 560 g/mol. The van der Waals surface area contributed by atoms with E-state index in [1.807, 2.05) is 78.9 Å². The maximum Gasteiger partial charge on any atom is 0.331 e. The lowest BCUT2D eigenvalue weighted by Crippen LogP contribution is -2.40. The molecule has 0 saturated heterocycles. The fourth-order valence-electron chi connectivity index (χ4n) is 5.85. The molecular formula is C39H36N2O4. The summed E-state index contributed by atoms with van der Waals surface area (Å²) in [5.41, 5.74) is 4.13. The van der Waals surface area contributed by atoms with Crippen LogP contribution in [0.2, 0.25) is 0 Å². The highest BCUT2D eigenvalue weighted by Crippen LogP contribution is 2.28. The second-order valence-corrected chi connectivity index (χ2v) is 11.2. The van der Waals surface area contributed by atoms with Crippen molar-refractivity contribution in [3.05, 3.63) is 177 Å². The molecule has 1 atom stereocenters. The monoisotopic (exact) mass is 596 g/mol. The highest BCUT2D eigenvalue weighted by atomic mass is 16.5. The minimum atomic E-state index is -0.356. The molecule has 0 saturated carbocycles. The largest absolute Gasteiger partial charge is 0.497 e. The predicted molar refractivity (Wildman–Crippen MR) is 179 cm³/mol. The van der Waals surface area contributed by atoms with Gasteiger partial charge < -0.3 is 9.47 Å². The van der Waals surface area contributed by atoms with Gasteiger partial charge in [-0.1, -0.05) is 109 Å². The van der Waals surface area contributed by atoms with Gasteiger partial charge in [0.2, 0.25) is 0 Å². The first-order valence-electron chi connectivity index (χ1n) is 15.3. The lowest BCUT2D eigenvalue weighted by Gasteiger charge is -2.21. The Hall–Kier alpha value is -5.36. The van der Waals surface area contributed by atoms with Crippen LogP contribution in [0.3, 0.4) is 0 Å². The van der Waals surface area contributed by atoms with Crippen molar-refractivity contribution in [2.24, 2.45) is 0 Å². The molecule has 1 heterocycles. The van der Waals surface area contributed by atoms with Crippen LogP contribution < -0.4 is 20.7 Å². The van der Waals surface area contributed by atoms with Crippen LogP contribution in [0.5, 0.6) is 11.5 Å². The highest BCUT2D eigenvalue weighted by Gasteiger charge is 2.20. The standard InChI is InChI=1S/C39H36N2O4/c1-44-34-22-20-30(21-23-34)27-41-38(42)35-18-11-19-36(45-28-31-14-7-3-8-15-31)37(35)40(39(41)43)25-24-33(32-16-9-4-10-17-32)26-29-12-5-2-6-13-29/h2-23,33H,24-28H2,1H3. The molecule has 0 amide bonds. The number of rotatable bonds is 12. The second-order valence-electron chi connectivity index (χ2n) is 11.2. The van der Waals surface area contributed by atoms with Crippen LogP contribution in [0.4, 0.5) is 0 Å². The van der Waals surface area contributed by atoms with E-state index in [-0.39, 0.29) is 23.7 Å². The molecule has 0 bridgehead atoms. The van der Waals surface area contributed by atoms with E-state index in [4.69, 9.17) is 9.47 Å². The molecule has 226 valence electrons. The van der Waals surface area contributed by atoms with E-state index in [9.17, 15) is 9.59 Å². The van der Waals surface area contributed by atoms with Crippen LogP contribution in [0, 0.1) is 0 Å². The SMILES string of the molecule is COc1ccc(Cn2c(=O)c3cccc(OCc4ccccc4)c3n(CCC(Cc3ccccc3)c3ccccc3)c2=O)cc1. The average Bonchev–Trinajstić information content (AvgIpc) is 3.10. The van der Waals surface area contributed by atoms with E-state index in [0.717, 1.165) is 17.5 Å². The Labute approximate surface area is 262 Å². The average molecular weight is 597 g/mol. The smallest absolute Gasteiger partial charge is 0.331 e. The van der Waals surface area contributed by atoms with Gasteiger partial charge in [-0.3, -0.25) is 13.9 Å². The normalized spacial score (nSPS) is 11.8. The van der Waals surface area contributed by atoms with E-state index < -0.39 is 0 Å². The van der Waals surface area contributed by atoms with Gasteiger partial charge in [0.1, 0.15) is 23.6 Å². The van der Waals surface area contributed by atoms with Gasteiger partial charge in [-0.15, -0.1) is 0 Å². The van der Waals surface area contributed by atoms with Crippen molar-refractivity contribution < 1.29 is 9.47 Å². The number of ether oxygens (including phenoxy) is 2. The number of aromatic nitrogens is 2. The Morgan fingerprint density at radius 3 is 1.96 bits per heavy atom. The van der Waals surface area contributed by atoms with Crippen molar-refractivity contribution in [3.8, 4) is 11.5 Å². The van der Waals surface area contributed by atoms with Crippen LogP contribution in [-0.4, -0.2) is 16.2 Å². The number of hydrogen-bond acceptors (Lipinski definition) is 4. The third-order valence-electron chi connectivity index (χ3n) is 8.24. The molecule has 1 aromatic heterocycles. The van der Waals surface area contributed by atoms with E-state index in [1.165, 1.54) is 15.7 Å². The Balaban J connectivity index is 1.42. The molecule has 0 spiro atoms. The van der Waals surface area contributed by atoms with Crippen LogP contribution in [0.25, 0.3) is 10.9 Å². The zero-order valence-electron chi connectivity index (χ0n) is 25.3. The molecule has 0 fully saturated rings. The highest BCUT2D eigenvalue weighted by molar-refractivity contribution is 5.84. The van der Waals surface area contributed by atoms with Crippen LogP contribution >= 0.6 is 0 Å². The molecule has 45 heavy (non-hydrogen) atoms. The zero-order chi connectivity index (χ0) is 31.0. The minimum Gasteiger partial charge on any atom is -0.497 e. The molecule has 0 radical (unpaired) electrons. The van der Waals surface area contributed by atoms with Crippen molar-refractivity contribution in [3.63, 3.8) is 0 Å². The number of nitrogens with zero attached hydrogens (tertiary/aromatic N) is 2. The van der Waals surface area contributed by atoms with E-state index in [2.05, 4.69) is 48.5 Å². The first-order valence-corrected chi connectivity index (χ1v) is 15.3. The lowest BCUT2D eigenvalue weighted by atomic mass is 9.89. The Kier molecular flexibility index (Phi) is 9.21. The van der Waals surface area contributed by atoms with Gasteiger partial charge in [0, 0.05) is 6.54 Å². The fourth-order valence-corrected chi connectivity index (χ4v) is 5.85. The Morgan fingerprint density at radius 1 is 0.644 bits per heavy atom. The van der Waals surface area contributed by atoms with Gasteiger partial charge in [0.15, 0.2) is 0 Å². The summed E-state index contributed by atoms with van der Waals surface area (Å²) >= 11 is 0. The van der Waals surface area contributed by atoms with Gasteiger partial charge in [-0.25, -0.2) is 4.79 Å². The third-order valence-corrected chi connectivity index (χ3v) is 8.24. The quantitative estimate of drug-likeness (QED) is 0.150. The Bertz CT molecular complexity index is 1970. The van der Waals surface area contributed by atoms with Crippen molar-refractivity contribution >= 4 is 10.9 Å². The number of benzene rings is 5. The number of fused-ring (bicyclic) bond motifs is 1. The van der Waals surface area contributed by atoms with Crippen LogP contribution in [0.15, 0.2) is 143 Å². The summed E-state index contributed by atoms with van der Waals surface area (Å²) in [5.74, 6) is 1.39. The zero-order valence-corrected chi connectivity index (χ0v) is 25.3. The van der Waals surface area contributed by atoms with Gasteiger partial charge in [-0.2, -0.15) is 0 Å². The topological polar surface area (TPSA) is 62.5 Å². The summed E-state index contributed by atoms with van der Waals surface area (Å²) in [6.07, 6.45) is 1.53. The van der Waals surface area contributed by atoms with Gasteiger partial charge in [-0.05, 0) is 65.3 Å². The van der Waals surface area contributed by atoms with E-state index in [1.54, 1.807) is 17.7 Å². The van der Waals surface area contributed by atoms with Crippen LogP contribution in [-0.2, 0) is 26.1 Å². The summed E-state index contributed by atoms with van der Waals surface area (Å²) in [7, 11) is 1.61. The molecule has 0 aliphatic heterocycles. The van der Waals surface area contributed by atoms with Gasteiger partial charge in [0.25, 0.3) is 5.56 Å². The predicted octanol–water partition coefficient (Wildman–Crippen LogP) is 7.22. The number of aryl methyl sites for hydroxylation is 1. The van der Waals surface area contributed by atoms with Crippen LogP contribution in [0.1, 0.15) is 34.6 Å². The molecule has 0 aliphatic carbocycles. The van der Waals surface area contributed by atoms with Gasteiger partial charge in [0.05, 0.1) is 19.0 Å². The van der Waals surface area contributed by atoms with E-state index >= 15 is 0 Å². The van der Waals surface area contributed by atoms with Crippen molar-refractivity contribution in [2.45, 2.75) is 38.5 Å². The first-order chi connectivity index (χ1) is 22.1. The third kappa shape index (κ3) is 6.91. The second kappa shape index (κ2) is 14.0. The first kappa shape index (κ1) is 29.7. The number of para-hydroxylation sites is 1. The summed E-state index contributed by atoms with van der Waals surface area (Å²) in [6, 6.07) is 43.6. The molecule has 0 aliphatic rings. The maximum atomic E-state index is 14.3. The molecule has 6 heteroatoms. The molecule has 1 unspecified atom stereocenters.